The van der Waals surface area contributed by atoms with Crippen LogP contribution in [-0.2, 0) is 17.8 Å². The van der Waals surface area contributed by atoms with Crippen LogP contribution in [0.2, 0.25) is 0 Å². The van der Waals surface area contributed by atoms with Gasteiger partial charge in [0.15, 0.2) is 0 Å². The first-order chi connectivity index (χ1) is 12.8. The Labute approximate surface area is 152 Å². The number of methoxy groups -OCH3 is 1. The fourth-order valence-corrected chi connectivity index (χ4v) is 3.23. The Morgan fingerprint density at radius 3 is 1.88 bits per heavy atom. The molecule has 0 saturated carbocycles. The Bertz CT molecular complexity index is 848. The number of rotatable bonds is 8. The third-order valence-corrected chi connectivity index (χ3v) is 4.45. The molecule has 2 aromatic heterocycles. The van der Waals surface area contributed by atoms with Gasteiger partial charge in [0.2, 0.25) is 0 Å². The molecular weight excluding hydrogens is 326 g/mol. The molecule has 0 aliphatic carbocycles. The summed E-state index contributed by atoms with van der Waals surface area (Å²) >= 11 is 0. The molecule has 0 unspecified atom stereocenters. The molecule has 0 amide bonds. The van der Waals surface area contributed by atoms with Gasteiger partial charge >= 0.3 is 0 Å². The van der Waals surface area contributed by atoms with E-state index in [0.29, 0.717) is 0 Å². The lowest BCUT2D eigenvalue weighted by Gasteiger charge is -2.19. The normalized spacial score (nSPS) is 11.8. The van der Waals surface area contributed by atoms with E-state index in [2.05, 4.69) is 27.0 Å². The van der Waals surface area contributed by atoms with Gasteiger partial charge in [-0.25, -0.2) is 9.97 Å². The highest BCUT2D eigenvalue weighted by Crippen LogP contribution is 2.15. The number of benzene rings is 2. The molecule has 134 valence electrons. The molecule has 0 spiro atoms. The lowest BCUT2D eigenvalue weighted by atomic mass is 10.3. The fourth-order valence-electron chi connectivity index (χ4n) is 3.23. The first kappa shape index (κ1) is 16.8. The van der Waals surface area contributed by atoms with Gasteiger partial charge in [0.1, 0.15) is 11.6 Å². The predicted octanol–water partition coefficient (Wildman–Crippen LogP) is 3.48. The molecule has 4 aromatic rings. The van der Waals surface area contributed by atoms with Crippen molar-refractivity contribution < 1.29 is 4.74 Å². The number of nitrogens with zero attached hydrogens (tertiary/aromatic N) is 3. The van der Waals surface area contributed by atoms with Crippen LogP contribution in [0.15, 0.2) is 48.5 Å². The standard InChI is InChI=1S/C20H23N5O/c1-26-12-6-11-25(13-19-21-15-7-2-3-8-16(15)22-19)14-20-23-17-9-4-5-10-18(17)24-20/h2-5,7-10H,6,11-14H2,1H3,(H,21,22)(H,23,24). The fraction of sp³-hybridized carbons (Fsp3) is 0.300. The summed E-state index contributed by atoms with van der Waals surface area (Å²) in [6.45, 7) is 3.16. The highest BCUT2D eigenvalue weighted by Gasteiger charge is 2.12. The van der Waals surface area contributed by atoms with Gasteiger partial charge < -0.3 is 14.7 Å². The molecule has 0 radical (unpaired) electrons. The van der Waals surface area contributed by atoms with Crippen LogP contribution in [0.1, 0.15) is 18.1 Å². The molecule has 0 atom stereocenters. The van der Waals surface area contributed by atoms with Gasteiger partial charge in [-0.2, -0.15) is 0 Å². The maximum Gasteiger partial charge on any atom is 0.121 e. The smallest absolute Gasteiger partial charge is 0.121 e. The molecule has 0 saturated heterocycles. The van der Waals surface area contributed by atoms with Gasteiger partial charge in [0.05, 0.1) is 35.2 Å². The zero-order chi connectivity index (χ0) is 17.8. The number of ether oxygens (including phenoxy) is 1. The number of hydrogen-bond acceptors (Lipinski definition) is 4. The van der Waals surface area contributed by atoms with Crippen molar-refractivity contribution in [2.75, 3.05) is 20.3 Å². The lowest BCUT2D eigenvalue weighted by molar-refractivity contribution is 0.164. The Hall–Kier alpha value is -2.70. The summed E-state index contributed by atoms with van der Waals surface area (Å²) in [5.74, 6) is 1.94. The number of H-pyrrole nitrogens is 2. The Balaban J connectivity index is 1.52. The summed E-state index contributed by atoms with van der Waals surface area (Å²) in [5.41, 5.74) is 4.15. The third-order valence-electron chi connectivity index (χ3n) is 4.45. The van der Waals surface area contributed by atoms with Gasteiger partial charge in [-0.15, -0.1) is 0 Å². The summed E-state index contributed by atoms with van der Waals surface area (Å²) in [5, 5.41) is 0. The summed E-state index contributed by atoms with van der Waals surface area (Å²) in [7, 11) is 1.74. The van der Waals surface area contributed by atoms with Crippen molar-refractivity contribution in [2.24, 2.45) is 0 Å². The molecular formula is C20H23N5O. The monoisotopic (exact) mass is 349 g/mol. The molecule has 6 heteroatoms. The van der Waals surface area contributed by atoms with E-state index in [1.165, 1.54) is 0 Å². The SMILES string of the molecule is COCCCN(Cc1nc2ccccc2[nH]1)Cc1nc2ccccc2[nH]1. The zero-order valence-corrected chi connectivity index (χ0v) is 14.9. The van der Waals surface area contributed by atoms with E-state index in [1.807, 2.05) is 36.4 Å². The minimum atomic E-state index is 0.745. The number of imidazole rings is 2. The van der Waals surface area contributed by atoms with Crippen LogP contribution < -0.4 is 0 Å². The highest BCUT2D eigenvalue weighted by molar-refractivity contribution is 5.75. The van der Waals surface area contributed by atoms with Gasteiger partial charge in [0, 0.05) is 20.3 Å². The summed E-state index contributed by atoms with van der Waals surface area (Å²) < 4.78 is 5.22. The zero-order valence-electron chi connectivity index (χ0n) is 14.9. The molecule has 26 heavy (non-hydrogen) atoms. The highest BCUT2D eigenvalue weighted by atomic mass is 16.5. The van der Waals surface area contributed by atoms with Crippen molar-refractivity contribution in [3.8, 4) is 0 Å². The molecule has 0 bridgehead atoms. The van der Waals surface area contributed by atoms with Crippen molar-refractivity contribution in [1.29, 1.82) is 0 Å². The second-order valence-electron chi connectivity index (χ2n) is 6.46. The van der Waals surface area contributed by atoms with Crippen LogP contribution in [0.4, 0.5) is 0 Å². The van der Waals surface area contributed by atoms with E-state index < -0.39 is 0 Å². The van der Waals surface area contributed by atoms with Crippen LogP contribution in [0, 0.1) is 0 Å². The minimum Gasteiger partial charge on any atom is -0.385 e. The molecule has 2 heterocycles. The van der Waals surface area contributed by atoms with Crippen molar-refractivity contribution in [1.82, 2.24) is 24.8 Å². The molecule has 4 rings (SSSR count). The number of nitrogens with one attached hydrogen (secondary N) is 2. The average Bonchev–Trinajstić information content (AvgIpc) is 3.24. The van der Waals surface area contributed by atoms with Crippen molar-refractivity contribution in [2.45, 2.75) is 19.5 Å². The Kier molecular flexibility index (Phi) is 4.95. The Morgan fingerprint density at radius 1 is 0.846 bits per heavy atom. The number of fused-ring (bicyclic) bond motifs is 2. The second-order valence-corrected chi connectivity index (χ2v) is 6.46. The number of para-hydroxylation sites is 4. The van der Waals surface area contributed by atoms with Crippen molar-refractivity contribution in [3.63, 3.8) is 0 Å². The van der Waals surface area contributed by atoms with Crippen LogP contribution in [-0.4, -0.2) is 45.1 Å². The van der Waals surface area contributed by atoms with Crippen LogP contribution in [0.3, 0.4) is 0 Å². The second kappa shape index (κ2) is 7.68. The number of aromatic nitrogens is 4. The summed E-state index contributed by atoms with van der Waals surface area (Å²) in [6.07, 6.45) is 0.969. The van der Waals surface area contributed by atoms with Crippen LogP contribution in [0.25, 0.3) is 22.1 Å². The summed E-state index contributed by atoms with van der Waals surface area (Å²) in [6, 6.07) is 16.2. The maximum atomic E-state index is 5.22. The average molecular weight is 349 g/mol. The molecule has 0 aliphatic rings. The van der Waals surface area contributed by atoms with Gasteiger partial charge in [-0.3, -0.25) is 4.90 Å². The molecule has 6 nitrogen and oxygen atoms in total. The third kappa shape index (κ3) is 3.76. The largest absolute Gasteiger partial charge is 0.385 e. The van der Waals surface area contributed by atoms with Crippen molar-refractivity contribution in [3.05, 3.63) is 60.2 Å². The molecule has 0 fully saturated rings. The number of aromatic amines is 2. The van der Waals surface area contributed by atoms with Crippen LogP contribution in [0.5, 0.6) is 0 Å². The van der Waals surface area contributed by atoms with E-state index >= 15 is 0 Å². The first-order valence-electron chi connectivity index (χ1n) is 8.90. The van der Waals surface area contributed by atoms with E-state index in [4.69, 9.17) is 14.7 Å². The number of hydrogen-bond donors (Lipinski definition) is 2. The van der Waals surface area contributed by atoms with Gasteiger partial charge in [-0.05, 0) is 30.7 Å². The molecule has 2 aromatic carbocycles. The minimum absolute atomic E-state index is 0.745. The maximum absolute atomic E-state index is 5.22. The van der Waals surface area contributed by atoms with E-state index in [-0.39, 0.29) is 0 Å². The first-order valence-corrected chi connectivity index (χ1v) is 8.90. The predicted molar refractivity (Wildman–Crippen MR) is 103 cm³/mol. The van der Waals surface area contributed by atoms with Gasteiger partial charge in [-0.1, -0.05) is 24.3 Å². The lowest BCUT2D eigenvalue weighted by Crippen LogP contribution is -2.26. The van der Waals surface area contributed by atoms with Gasteiger partial charge in [0.25, 0.3) is 0 Å². The van der Waals surface area contributed by atoms with E-state index in [9.17, 15) is 0 Å². The topological polar surface area (TPSA) is 69.8 Å². The van der Waals surface area contributed by atoms with Crippen LogP contribution >= 0.6 is 0 Å². The Morgan fingerprint density at radius 2 is 1.38 bits per heavy atom. The van der Waals surface area contributed by atoms with Crippen molar-refractivity contribution >= 4 is 22.1 Å². The van der Waals surface area contributed by atoms with E-state index in [0.717, 1.165) is 66.4 Å². The quantitative estimate of drug-likeness (QED) is 0.478. The molecule has 2 N–H and O–H groups in total. The van der Waals surface area contributed by atoms with E-state index in [1.54, 1.807) is 7.11 Å². The molecule has 0 aliphatic heterocycles. The summed E-state index contributed by atoms with van der Waals surface area (Å²) in [4.78, 5) is 18.6.